The second-order valence-corrected chi connectivity index (χ2v) is 4.89. The van der Waals surface area contributed by atoms with Crippen LogP contribution in [-0.4, -0.2) is 25.3 Å². The highest BCUT2D eigenvalue weighted by molar-refractivity contribution is 5.98. The van der Waals surface area contributed by atoms with Gasteiger partial charge >= 0.3 is 5.97 Å². The van der Waals surface area contributed by atoms with E-state index in [0.717, 1.165) is 19.3 Å². The Morgan fingerprint density at radius 1 is 1.38 bits per heavy atom. The molecule has 1 aliphatic rings. The van der Waals surface area contributed by atoms with Gasteiger partial charge < -0.3 is 19.3 Å². The van der Waals surface area contributed by atoms with E-state index in [2.05, 4.69) is 6.58 Å². The highest BCUT2D eigenvalue weighted by Crippen LogP contribution is 2.47. The summed E-state index contributed by atoms with van der Waals surface area (Å²) in [7, 11) is 2.90. The van der Waals surface area contributed by atoms with E-state index in [-0.39, 0.29) is 23.2 Å². The zero-order valence-electron chi connectivity index (χ0n) is 12.3. The van der Waals surface area contributed by atoms with Gasteiger partial charge in [-0.15, -0.1) is 6.58 Å². The van der Waals surface area contributed by atoms with Crippen LogP contribution in [0.1, 0.15) is 47.7 Å². The van der Waals surface area contributed by atoms with Crippen molar-refractivity contribution in [2.24, 2.45) is 0 Å². The summed E-state index contributed by atoms with van der Waals surface area (Å²) in [5, 5.41) is 10.2. The van der Waals surface area contributed by atoms with Crippen LogP contribution >= 0.6 is 0 Å². The zero-order valence-corrected chi connectivity index (χ0v) is 12.3. The molecule has 21 heavy (non-hydrogen) atoms. The van der Waals surface area contributed by atoms with Gasteiger partial charge in [0.15, 0.2) is 11.5 Å². The van der Waals surface area contributed by atoms with Gasteiger partial charge in [0.2, 0.25) is 5.75 Å². The minimum absolute atomic E-state index is 0.153. The topological polar surface area (TPSA) is 65.0 Å². The second-order valence-electron chi connectivity index (χ2n) is 4.89. The van der Waals surface area contributed by atoms with Crippen molar-refractivity contribution in [3.63, 3.8) is 0 Å². The van der Waals surface area contributed by atoms with Crippen molar-refractivity contribution < 1.29 is 24.1 Å². The van der Waals surface area contributed by atoms with Gasteiger partial charge in [-0.2, -0.15) is 0 Å². The Kier molecular flexibility index (Phi) is 4.73. The molecule has 5 nitrogen and oxygen atoms in total. The highest BCUT2D eigenvalue weighted by atomic mass is 16.6. The van der Waals surface area contributed by atoms with Crippen LogP contribution in [0.25, 0.3) is 0 Å². The van der Waals surface area contributed by atoms with Gasteiger partial charge in [0, 0.05) is 5.56 Å². The lowest BCUT2D eigenvalue weighted by molar-refractivity contribution is 0.0362. The van der Waals surface area contributed by atoms with Crippen molar-refractivity contribution in [3.8, 4) is 17.2 Å². The second kappa shape index (κ2) is 6.52. The molecule has 1 aromatic carbocycles. The molecule has 1 aromatic rings. The maximum absolute atomic E-state index is 12.0. The van der Waals surface area contributed by atoms with E-state index in [1.54, 1.807) is 6.07 Å². The monoisotopic (exact) mass is 292 g/mol. The number of carbonyl (C=O) groups is 1. The SMILES string of the molecule is C=CCCCCC1OC(=O)c2c1cc(OC)c(OC)c2O. The summed E-state index contributed by atoms with van der Waals surface area (Å²) in [6.07, 6.45) is 5.08. The summed E-state index contributed by atoms with van der Waals surface area (Å²) in [6.45, 7) is 3.68. The molecule has 0 radical (unpaired) electrons. The minimum atomic E-state index is -0.517. The molecule has 0 bridgehead atoms. The molecule has 1 heterocycles. The minimum Gasteiger partial charge on any atom is -0.504 e. The fourth-order valence-corrected chi connectivity index (χ4v) is 2.55. The first kappa shape index (κ1) is 15.2. The van der Waals surface area contributed by atoms with Gasteiger partial charge in [-0.1, -0.05) is 6.08 Å². The lowest BCUT2D eigenvalue weighted by Crippen LogP contribution is -1.98. The van der Waals surface area contributed by atoms with Gasteiger partial charge in [-0.3, -0.25) is 0 Å². The molecule has 2 rings (SSSR count). The summed E-state index contributed by atoms with van der Waals surface area (Å²) in [5.74, 6) is -0.189. The number of fused-ring (bicyclic) bond motifs is 1. The van der Waals surface area contributed by atoms with Gasteiger partial charge in [0.1, 0.15) is 11.7 Å². The molecule has 1 atom stereocenters. The van der Waals surface area contributed by atoms with E-state index in [0.29, 0.717) is 17.7 Å². The molecule has 0 amide bonds. The molecule has 1 aliphatic heterocycles. The smallest absolute Gasteiger partial charge is 0.343 e. The van der Waals surface area contributed by atoms with Crippen LogP contribution in [0.3, 0.4) is 0 Å². The maximum Gasteiger partial charge on any atom is 0.343 e. The number of benzene rings is 1. The van der Waals surface area contributed by atoms with E-state index in [1.165, 1.54) is 14.2 Å². The predicted molar refractivity (Wildman–Crippen MR) is 78.0 cm³/mol. The van der Waals surface area contributed by atoms with Gasteiger partial charge in [-0.05, 0) is 31.7 Å². The van der Waals surface area contributed by atoms with E-state index in [9.17, 15) is 9.90 Å². The standard InChI is InChI=1S/C16H20O5/c1-4-5-6-7-8-11-10-9-12(19-2)15(20-3)14(17)13(10)16(18)21-11/h4,9,11,17H,1,5-8H2,2-3H3. The first-order chi connectivity index (χ1) is 10.1. The molecule has 1 unspecified atom stereocenters. The largest absolute Gasteiger partial charge is 0.504 e. The number of rotatable bonds is 7. The van der Waals surface area contributed by atoms with Crippen molar-refractivity contribution >= 4 is 5.97 Å². The van der Waals surface area contributed by atoms with Crippen LogP contribution in [0.2, 0.25) is 0 Å². The van der Waals surface area contributed by atoms with Crippen LogP contribution in [0.5, 0.6) is 17.2 Å². The maximum atomic E-state index is 12.0. The van der Waals surface area contributed by atoms with E-state index >= 15 is 0 Å². The van der Waals surface area contributed by atoms with Crippen molar-refractivity contribution in [3.05, 3.63) is 29.8 Å². The van der Waals surface area contributed by atoms with Gasteiger partial charge in [0.05, 0.1) is 14.2 Å². The molecular formula is C16H20O5. The van der Waals surface area contributed by atoms with E-state index in [4.69, 9.17) is 14.2 Å². The number of cyclic esters (lactones) is 1. The van der Waals surface area contributed by atoms with Gasteiger partial charge in [0.25, 0.3) is 0 Å². The Morgan fingerprint density at radius 3 is 2.76 bits per heavy atom. The molecule has 0 aliphatic carbocycles. The quantitative estimate of drug-likeness (QED) is 0.474. The highest BCUT2D eigenvalue weighted by Gasteiger charge is 2.36. The number of allylic oxidation sites excluding steroid dienone is 1. The number of hydrogen-bond acceptors (Lipinski definition) is 5. The zero-order chi connectivity index (χ0) is 15.4. The Hall–Kier alpha value is -2.17. The molecule has 1 N–H and O–H groups in total. The number of carbonyl (C=O) groups excluding carboxylic acids is 1. The molecule has 0 aromatic heterocycles. The van der Waals surface area contributed by atoms with Crippen molar-refractivity contribution in [2.45, 2.75) is 31.8 Å². The normalized spacial score (nSPS) is 16.3. The van der Waals surface area contributed by atoms with Crippen LogP contribution in [0, 0.1) is 0 Å². The van der Waals surface area contributed by atoms with Crippen molar-refractivity contribution in [1.82, 2.24) is 0 Å². The lowest BCUT2D eigenvalue weighted by Gasteiger charge is -2.13. The fourth-order valence-electron chi connectivity index (χ4n) is 2.55. The summed E-state index contributed by atoms with van der Waals surface area (Å²) in [6, 6.07) is 1.71. The molecule has 5 heteroatoms. The van der Waals surface area contributed by atoms with E-state index in [1.807, 2.05) is 6.08 Å². The Bertz CT molecular complexity index is 550. The number of aromatic hydroxyl groups is 1. The molecule has 0 saturated carbocycles. The number of phenols is 1. The summed E-state index contributed by atoms with van der Waals surface area (Å²) in [4.78, 5) is 12.0. The summed E-state index contributed by atoms with van der Waals surface area (Å²) >= 11 is 0. The number of unbranched alkanes of at least 4 members (excludes halogenated alkanes) is 2. The molecule has 114 valence electrons. The summed E-state index contributed by atoms with van der Waals surface area (Å²) < 4.78 is 15.7. The summed E-state index contributed by atoms with van der Waals surface area (Å²) in [5.41, 5.74) is 0.843. The Balaban J connectivity index is 2.29. The molecule has 0 saturated heterocycles. The molecule has 0 spiro atoms. The fraction of sp³-hybridized carbons (Fsp3) is 0.438. The Morgan fingerprint density at radius 2 is 2.14 bits per heavy atom. The predicted octanol–water partition coefficient (Wildman–Crippen LogP) is 3.37. The average molecular weight is 292 g/mol. The average Bonchev–Trinajstić information content (AvgIpc) is 2.80. The van der Waals surface area contributed by atoms with Crippen LogP contribution in [0.15, 0.2) is 18.7 Å². The first-order valence-corrected chi connectivity index (χ1v) is 6.93. The van der Waals surface area contributed by atoms with Crippen LogP contribution in [0.4, 0.5) is 0 Å². The lowest BCUT2D eigenvalue weighted by atomic mass is 9.99. The van der Waals surface area contributed by atoms with Gasteiger partial charge in [-0.25, -0.2) is 4.79 Å². The third-order valence-electron chi connectivity index (χ3n) is 3.60. The first-order valence-electron chi connectivity index (χ1n) is 6.93. The van der Waals surface area contributed by atoms with Crippen molar-refractivity contribution in [2.75, 3.05) is 14.2 Å². The third-order valence-corrected chi connectivity index (χ3v) is 3.60. The van der Waals surface area contributed by atoms with Crippen LogP contribution < -0.4 is 9.47 Å². The molecule has 0 fully saturated rings. The number of methoxy groups -OCH3 is 2. The van der Waals surface area contributed by atoms with E-state index < -0.39 is 5.97 Å². The molecular weight excluding hydrogens is 272 g/mol. The van der Waals surface area contributed by atoms with Crippen LogP contribution in [-0.2, 0) is 4.74 Å². The third kappa shape index (κ3) is 2.82. The number of phenolic OH excluding ortho intramolecular Hbond substituents is 1. The number of ether oxygens (including phenoxy) is 3. The number of hydrogen-bond donors (Lipinski definition) is 1. The Labute approximate surface area is 124 Å². The number of esters is 1. The van der Waals surface area contributed by atoms with Crippen molar-refractivity contribution in [1.29, 1.82) is 0 Å².